The number of benzene rings is 2. The van der Waals surface area contributed by atoms with Gasteiger partial charge in [-0.15, -0.1) is 0 Å². The SMILES string of the molecule is CC(C)c1nc(N(C)S(C)(=O)=O)nc(-c2ccc(F)cc2)c1/C=C/[C@@H](O)C/C=C\C(=O)[O-].CC(C)c1nc(N(C)S(C)(=O)=O)nc(-c2ccc(F)cc2)c1/C=C/[C@@H](O)C/C=C\C(=O)[O-].[Ca+2]. The Balaban J connectivity index is 0.000000440. The van der Waals surface area contributed by atoms with E-state index in [0.29, 0.717) is 45.0 Å². The van der Waals surface area contributed by atoms with Gasteiger partial charge in [0.1, 0.15) is 11.6 Å². The second kappa shape index (κ2) is 25.1. The topological polar surface area (TPSA) is 247 Å². The van der Waals surface area contributed by atoms with Crippen molar-refractivity contribution in [1.82, 2.24) is 19.9 Å². The maximum absolute atomic E-state index is 13.5. The third-order valence-electron chi connectivity index (χ3n) is 9.05. The van der Waals surface area contributed by atoms with Crippen LogP contribution in [-0.4, -0.2) is 135 Å². The summed E-state index contributed by atoms with van der Waals surface area (Å²) in [5.74, 6) is -3.95. The minimum atomic E-state index is -3.63. The normalized spacial score (nSPS) is 13.0. The molecule has 344 valence electrons. The zero-order chi connectivity index (χ0) is 48.1. The molecule has 0 fully saturated rings. The summed E-state index contributed by atoms with van der Waals surface area (Å²) >= 11 is 0. The van der Waals surface area contributed by atoms with E-state index in [2.05, 4.69) is 19.9 Å². The van der Waals surface area contributed by atoms with Crippen molar-refractivity contribution in [3.05, 3.63) is 119 Å². The molecule has 0 unspecified atom stereocenters. The molecule has 2 aromatic carbocycles. The number of carboxylic acid groups (broad SMARTS) is 2. The molecule has 0 saturated heterocycles. The molecule has 0 aliphatic heterocycles. The van der Waals surface area contributed by atoms with Gasteiger partial charge in [-0.2, -0.15) is 0 Å². The molecule has 0 radical (unpaired) electrons. The Labute approximate surface area is 407 Å². The van der Waals surface area contributed by atoms with Crippen LogP contribution in [0.5, 0.6) is 0 Å². The Morgan fingerprint density at radius 2 is 0.938 bits per heavy atom. The molecule has 0 saturated carbocycles. The van der Waals surface area contributed by atoms with E-state index in [4.69, 9.17) is 0 Å². The molecular formula is C44H50CaF2N6O10S2. The minimum Gasteiger partial charge on any atom is -0.545 e. The zero-order valence-corrected chi connectivity index (χ0v) is 40.9. The fourth-order valence-electron chi connectivity index (χ4n) is 5.57. The summed E-state index contributed by atoms with van der Waals surface area (Å²) in [4.78, 5) is 38.7. The number of aliphatic carboxylic acids is 2. The van der Waals surface area contributed by atoms with Crippen molar-refractivity contribution >= 4 is 93.8 Å². The quantitative estimate of drug-likeness (QED) is 0.107. The Morgan fingerprint density at radius 1 is 0.631 bits per heavy atom. The second-order valence-corrected chi connectivity index (χ2v) is 18.9. The predicted octanol–water partition coefficient (Wildman–Crippen LogP) is 3.36. The van der Waals surface area contributed by atoms with Gasteiger partial charge in [0, 0.05) is 36.3 Å². The number of halogens is 2. The molecule has 0 amide bonds. The van der Waals surface area contributed by atoms with Crippen LogP contribution in [0.1, 0.15) is 74.9 Å². The Kier molecular flexibility index (Phi) is 21.7. The van der Waals surface area contributed by atoms with E-state index in [1.807, 2.05) is 27.7 Å². The van der Waals surface area contributed by atoms with E-state index in [9.17, 15) is 55.6 Å². The molecule has 0 aliphatic rings. The fraction of sp³-hybridized carbons (Fsp3) is 0.318. The number of hydrogen-bond acceptors (Lipinski definition) is 14. The Hall–Kier alpha value is -4.96. The van der Waals surface area contributed by atoms with Gasteiger partial charge in [-0.1, -0.05) is 64.2 Å². The van der Waals surface area contributed by atoms with Gasteiger partial charge in [-0.25, -0.2) is 54.2 Å². The zero-order valence-electron chi connectivity index (χ0n) is 37.1. The molecule has 0 bridgehead atoms. The van der Waals surface area contributed by atoms with E-state index in [-0.39, 0.29) is 74.3 Å². The maximum atomic E-state index is 13.5. The van der Waals surface area contributed by atoms with Gasteiger partial charge in [0.15, 0.2) is 0 Å². The first-order valence-corrected chi connectivity index (χ1v) is 23.2. The van der Waals surface area contributed by atoms with Crippen molar-refractivity contribution in [3.63, 3.8) is 0 Å². The van der Waals surface area contributed by atoms with Crippen LogP contribution in [0.2, 0.25) is 0 Å². The van der Waals surface area contributed by atoms with Gasteiger partial charge in [0.05, 0.1) is 59.4 Å². The van der Waals surface area contributed by atoms with Crippen LogP contribution in [0, 0.1) is 11.6 Å². The molecule has 16 nitrogen and oxygen atoms in total. The van der Waals surface area contributed by atoms with Gasteiger partial charge >= 0.3 is 37.7 Å². The number of aromatic nitrogens is 4. The number of carbonyl (C=O) groups excluding carboxylic acids is 2. The number of hydrogen-bond donors (Lipinski definition) is 2. The molecule has 4 rings (SSSR count). The third kappa shape index (κ3) is 17.4. The number of carboxylic acids is 2. The molecule has 2 aromatic heterocycles. The largest absolute Gasteiger partial charge is 2.00 e. The molecule has 0 aliphatic carbocycles. The molecule has 21 heteroatoms. The van der Waals surface area contributed by atoms with Gasteiger partial charge in [-0.05, 0) is 85.4 Å². The van der Waals surface area contributed by atoms with Gasteiger partial charge < -0.3 is 30.0 Å². The number of anilines is 2. The smallest absolute Gasteiger partial charge is 0.545 e. The number of rotatable bonds is 18. The summed E-state index contributed by atoms with van der Waals surface area (Å²) in [6.45, 7) is 7.49. The maximum Gasteiger partial charge on any atom is 2.00 e. The number of nitrogens with zero attached hydrogens (tertiary/aromatic N) is 6. The van der Waals surface area contributed by atoms with E-state index < -0.39 is 55.8 Å². The van der Waals surface area contributed by atoms with Crippen molar-refractivity contribution < 1.29 is 55.6 Å². The average Bonchev–Trinajstić information content (AvgIpc) is 3.20. The van der Waals surface area contributed by atoms with E-state index in [0.717, 1.165) is 33.3 Å². The molecule has 0 spiro atoms. The molecular weight excluding hydrogens is 915 g/mol. The van der Waals surface area contributed by atoms with Crippen LogP contribution < -0.4 is 18.8 Å². The molecule has 2 heterocycles. The van der Waals surface area contributed by atoms with Gasteiger partial charge in [0.25, 0.3) is 0 Å². The summed E-state index contributed by atoms with van der Waals surface area (Å²) in [6, 6.07) is 11.1. The van der Waals surface area contributed by atoms with Crippen LogP contribution in [0.25, 0.3) is 34.7 Å². The van der Waals surface area contributed by atoms with Crippen molar-refractivity contribution in [3.8, 4) is 22.5 Å². The first kappa shape index (κ1) is 56.2. The van der Waals surface area contributed by atoms with Gasteiger partial charge in [0.2, 0.25) is 31.9 Å². The number of carbonyl (C=O) groups is 2. The molecule has 4 aromatic rings. The van der Waals surface area contributed by atoms with Crippen LogP contribution in [0.3, 0.4) is 0 Å². The van der Waals surface area contributed by atoms with Crippen molar-refractivity contribution in [2.75, 3.05) is 35.2 Å². The first-order chi connectivity index (χ1) is 29.8. The average molecular weight is 965 g/mol. The van der Waals surface area contributed by atoms with Crippen molar-refractivity contribution in [1.29, 1.82) is 0 Å². The Morgan fingerprint density at radius 3 is 1.20 bits per heavy atom. The predicted molar refractivity (Wildman–Crippen MR) is 243 cm³/mol. The van der Waals surface area contributed by atoms with Crippen LogP contribution in [0.15, 0.2) is 85.0 Å². The van der Waals surface area contributed by atoms with E-state index in [1.165, 1.54) is 86.9 Å². The molecule has 65 heavy (non-hydrogen) atoms. The van der Waals surface area contributed by atoms with Crippen LogP contribution in [0.4, 0.5) is 20.7 Å². The third-order valence-corrected chi connectivity index (χ3v) is 11.4. The summed E-state index contributed by atoms with van der Waals surface area (Å²) in [6.07, 6.45) is 10.5. The van der Waals surface area contributed by atoms with E-state index in [1.54, 1.807) is 12.2 Å². The standard InChI is InChI=1S/2C22H26FN3O5S.Ca/c2*1-14(2)20-18(13-12-17(27)6-5-7-19(28)29)21(15-8-10-16(23)11-9-15)25-22(24-20)26(3)32(4,30)31;/h2*5,7-14,17,27H,6H2,1-4H3,(H,28,29);/q;;+2/p-2/b2*7-5-,13-12+;/t2*17-;/m00./s1. The Bertz CT molecular complexity index is 2450. The van der Waals surface area contributed by atoms with Crippen LogP contribution in [-0.2, 0) is 29.6 Å². The number of aliphatic hydroxyl groups excluding tert-OH is 2. The first-order valence-electron chi connectivity index (χ1n) is 19.5. The summed E-state index contributed by atoms with van der Waals surface area (Å²) in [7, 11) is -4.58. The summed E-state index contributed by atoms with van der Waals surface area (Å²) in [5, 5.41) is 41.3. The van der Waals surface area contributed by atoms with Crippen LogP contribution >= 0.6 is 0 Å². The second-order valence-electron chi connectivity index (χ2n) is 14.9. The van der Waals surface area contributed by atoms with Gasteiger partial charge in [-0.3, -0.25) is 0 Å². The number of sulfonamides is 2. The minimum absolute atomic E-state index is 0. The summed E-state index contributed by atoms with van der Waals surface area (Å²) in [5.41, 5.74) is 3.90. The fourth-order valence-corrected chi connectivity index (χ4v) is 6.33. The van der Waals surface area contributed by atoms with Crippen molar-refractivity contribution in [2.24, 2.45) is 0 Å². The molecule has 2 N–H and O–H groups in total. The van der Waals surface area contributed by atoms with Crippen molar-refractivity contribution in [2.45, 2.75) is 64.6 Å². The molecule has 2 atom stereocenters. The monoisotopic (exact) mass is 964 g/mol. The number of aliphatic hydroxyl groups is 2. The summed E-state index contributed by atoms with van der Waals surface area (Å²) < 4.78 is 77.1. The van der Waals surface area contributed by atoms with E-state index >= 15 is 0 Å².